The number of nitrogens with zero attached hydrogens (tertiary/aromatic N) is 2. The smallest absolute Gasteiger partial charge is 0.270 e. The minimum Gasteiger partial charge on any atom is -0.398 e. The number of nitro groups is 1. The Morgan fingerprint density at radius 3 is 2.50 bits per heavy atom. The molecule has 0 bridgehead atoms. The number of nitrogens with one attached hydrogen (secondary N) is 1. The fourth-order valence-electron chi connectivity index (χ4n) is 3.43. The predicted molar refractivity (Wildman–Crippen MR) is 82.5 cm³/mol. The van der Waals surface area contributed by atoms with Crippen LogP contribution in [0.15, 0.2) is 18.2 Å². The standard InChI is InChI=1S/C15H20N4O3/c16-14-2-1-12(19(21)22)7-13(14)15(20)18-5-3-10-8-17-9-11(10)4-6-18/h1-2,7,10-11,17H,3-6,8-9,16H2/t10-,11+. The van der Waals surface area contributed by atoms with E-state index >= 15 is 0 Å². The highest BCUT2D eigenvalue weighted by atomic mass is 16.6. The van der Waals surface area contributed by atoms with Crippen LogP contribution >= 0.6 is 0 Å². The Bertz CT molecular complexity index is 590. The van der Waals surface area contributed by atoms with Gasteiger partial charge in [-0.1, -0.05) is 0 Å². The van der Waals surface area contributed by atoms with E-state index in [1.807, 2.05) is 0 Å². The minimum absolute atomic E-state index is 0.103. The van der Waals surface area contributed by atoms with Crippen LogP contribution in [0, 0.1) is 22.0 Å². The number of amides is 1. The number of likely N-dealkylation sites (tertiary alicyclic amines) is 1. The van der Waals surface area contributed by atoms with Gasteiger partial charge < -0.3 is 16.0 Å². The van der Waals surface area contributed by atoms with E-state index in [2.05, 4.69) is 5.32 Å². The van der Waals surface area contributed by atoms with Crippen molar-refractivity contribution in [1.82, 2.24) is 10.2 Å². The molecule has 0 radical (unpaired) electrons. The number of anilines is 1. The van der Waals surface area contributed by atoms with Crippen LogP contribution in [-0.4, -0.2) is 41.9 Å². The molecule has 1 aromatic rings. The number of nitrogen functional groups attached to an aromatic ring is 1. The maximum absolute atomic E-state index is 12.7. The van der Waals surface area contributed by atoms with Crippen molar-refractivity contribution in [1.29, 1.82) is 0 Å². The molecular weight excluding hydrogens is 284 g/mol. The zero-order valence-electron chi connectivity index (χ0n) is 12.3. The number of nitrogens with two attached hydrogens (primary N) is 1. The molecule has 2 aliphatic rings. The van der Waals surface area contributed by atoms with Crippen LogP contribution < -0.4 is 11.1 Å². The fraction of sp³-hybridized carbons (Fsp3) is 0.533. The summed E-state index contributed by atoms with van der Waals surface area (Å²) in [5.41, 5.74) is 6.27. The second-order valence-electron chi connectivity index (χ2n) is 6.08. The number of carbonyl (C=O) groups is 1. The molecule has 0 unspecified atom stereocenters. The molecule has 3 N–H and O–H groups in total. The lowest BCUT2D eigenvalue weighted by atomic mass is 9.92. The second kappa shape index (κ2) is 5.92. The summed E-state index contributed by atoms with van der Waals surface area (Å²) in [5.74, 6) is 1.05. The Morgan fingerprint density at radius 2 is 1.91 bits per heavy atom. The van der Waals surface area contributed by atoms with Crippen LogP contribution in [0.3, 0.4) is 0 Å². The Labute approximate surface area is 128 Å². The monoisotopic (exact) mass is 304 g/mol. The Kier molecular flexibility index (Phi) is 3.98. The van der Waals surface area contributed by atoms with Crippen LogP contribution in [0.5, 0.6) is 0 Å². The number of hydrogen-bond acceptors (Lipinski definition) is 5. The molecule has 0 aliphatic carbocycles. The highest BCUT2D eigenvalue weighted by molar-refractivity contribution is 5.99. The number of rotatable bonds is 2. The Hall–Kier alpha value is -2.15. The van der Waals surface area contributed by atoms with Crippen molar-refractivity contribution in [3.8, 4) is 0 Å². The predicted octanol–water partition coefficient (Wildman–Crippen LogP) is 1.25. The topological polar surface area (TPSA) is 101 Å². The largest absolute Gasteiger partial charge is 0.398 e. The molecule has 1 amide bonds. The van der Waals surface area contributed by atoms with Gasteiger partial charge in [0.1, 0.15) is 0 Å². The van der Waals surface area contributed by atoms with Crippen LogP contribution in [0.25, 0.3) is 0 Å². The molecule has 0 aromatic heterocycles. The number of benzene rings is 1. The molecule has 2 heterocycles. The molecule has 7 heteroatoms. The van der Waals surface area contributed by atoms with E-state index in [1.165, 1.54) is 18.2 Å². The lowest BCUT2D eigenvalue weighted by molar-refractivity contribution is -0.384. The highest BCUT2D eigenvalue weighted by Crippen LogP contribution is 2.29. The summed E-state index contributed by atoms with van der Waals surface area (Å²) < 4.78 is 0. The minimum atomic E-state index is -0.505. The third kappa shape index (κ3) is 2.76. The molecular formula is C15H20N4O3. The number of fused-ring (bicyclic) bond motifs is 1. The lowest BCUT2D eigenvalue weighted by Crippen LogP contribution is -2.33. The average Bonchev–Trinajstić information content (AvgIpc) is 2.85. The van der Waals surface area contributed by atoms with E-state index in [0.717, 1.165) is 25.9 Å². The van der Waals surface area contributed by atoms with E-state index in [-0.39, 0.29) is 17.2 Å². The molecule has 3 rings (SSSR count). The summed E-state index contributed by atoms with van der Waals surface area (Å²) >= 11 is 0. The van der Waals surface area contributed by atoms with Gasteiger partial charge in [-0.2, -0.15) is 0 Å². The van der Waals surface area contributed by atoms with E-state index in [4.69, 9.17) is 5.73 Å². The fourth-order valence-corrected chi connectivity index (χ4v) is 3.43. The van der Waals surface area contributed by atoms with Gasteiger partial charge in [-0.05, 0) is 43.8 Å². The number of nitro benzene ring substituents is 1. The Morgan fingerprint density at radius 1 is 1.27 bits per heavy atom. The molecule has 2 fully saturated rings. The van der Waals surface area contributed by atoms with Crippen molar-refractivity contribution >= 4 is 17.3 Å². The SMILES string of the molecule is Nc1ccc([N+](=O)[O-])cc1C(=O)N1CC[C@@H]2CNC[C@@H]2CC1. The zero-order chi connectivity index (χ0) is 15.7. The molecule has 22 heavy (non-hydrogen) atoms. The van der Waals surface area contributed by atoms with Gasteiger partial charge in [-0.15, -0.1) is 0 Å². The quantitative estimate of drug-likeness (QED) is 0.486. The van der Waals surface area contributed by atoms with Gasteiger partial charge in [-0.3, -0.25) is 14.9 Å². The third-order valence-corrected chi connectivity index (χ3v) is 4.78. The van der Waals surface area contributed by atoms with E-state index in [1.54, 1.807) is 4.90 Å². The van der Waals surface area contributed by atoms with Crippen molar-refractivity contribution in [2.45, 2.75) is 12.8 Å². The average molecular weight is 304 g/mol. The molecule has 0 saturated carbocycles. The summed E-state index contributed by atoms with van der Waals surface area (Å²) in [4.78, 5) is 24.8. The van der Waals surface area contributed by atoms with Gasteiger partial charge in [0.25, 0.3) is 11.6 Å². The van der Waals surface area contributed by atoms with Gasteiger partial charge >= 0.3 is 0 Å². The van der Waals surface area contributed by atoms with E-state index in [9.17, 15) is 14.9 Å². The summed E-state index contributed by atoms with van der Waals surface area (Å²) in [6.45, 7) is 3.41. The van der Waals surface area contributed by atoms with Crippen molar-refractivity contribution < 1.29 is 9.72 Å². The molecule has 118 valence electrons. The molecule has 7 nitrogen and oxygen atoms in total. The number of non-ortho nitro benzene ring substituents is 1. The van der Waals surface area contributed by atoms with E-state index in [0.29, 0.717) is 30.6 Å². The first-order valence-electron chi connectivity index (χ1n) is 7.60. The van der Waals surface area contributed by atoms with Crippen LogP contribution in [0.4, 0.5) is 11.4 Å². The van der Waals surface area contributed by atoms with Crippen molar-refractivity contribution in [2.75, 3.05) is 31.9 Å². The molecule has 2 saturated heterocycles. The summed E-state index contributed by atoms with van der Waals surface area (Å²) in [6.07, 6.45) is 1.94. The summed E-state index contributed by atoms with van der Waals surface area (Å²) in [7, 11) is 0. The first-order chi connectivity index (χ1) is 10.6. The molecule has 0 spiro atoms. The first-order valence-corrected chi connectivity index (χ1v) is 7.60. The van der Waals surface area contributed by atoms with Crippen LogP contribution in [-0.2, 0) is 0 Å². The van der Waals surface area contributed by atoms with Crippen LogP contribution in [0.1, 0.15) is 23.2 Å². The first kappa shape index (κ1) is 14.8. The summed E-state index contributed by atoms with van der Waals surface area (Å²) in [6, 6.07) is 4.04. The van der Waals surface area contributed by atoms with Crippen LogP contribution in [0.2, 0.25) is 0 Å². The van der Waals surface area contributed by atoms with Crippen molar-refractivity contribution in [3.05, 3.63) is 33.9 Å². The van der Waals surface area contributed by atoms with Gasteiger partial charge in [0, 0.05) is 30.9 Å². The van der Waals surface area contributed by atoms with Crippen molar-refractivity contribution in [3.63, 3.8) is 0 Å². The maximum atomic E-state index is 12.7. The van der Waals surface area contributed by atoms with Gasteiger partial charge in [-0.25, -0.2) is 0 Å². The number of carbonyl (C=O) groups excluding carboxylic acids is 1. The molecule has 2 atom stereocenters. The summed E-state index contributed by atoms with van der Waals surface area (Å²) in [5, 5.41) is 14.3. The van der Waals surface area contributed by atoms with Crippen molar-refractivity contribution in [2.24, 2.45) is 11.8 Å². The second-order valence-corrected chi connectivity index (χ2v) is 6.08. The Balaban J connectivity index is 1.79. The zero-order valence-corrected chi connectivity index (χ0v) is 12.3. The highest BCUT2D eigenvalue weighted by Gasteiger charge is 2.32. The maximum Gasteiger partial charge on any atom is 0.270 e. The van der Waals surface area contributed by atoms with Gasteiger partial charge in [0.05, 0.1) is 10.5 Å². The molecule has 2 aliphatic heterocycles. The third-order valence-electron chi connectivity index (χ3n) is 4.78. The normalized spacial score (nSPS) is 24.6. The lowest BCUT2D eigenvalue weighted by Gasteiger charge is -2.21. The van der Waals surface area contributed by atoms with Gasteiger partial charge in [0.2, 0.25) is 0 Å². The van der Waals surface area contributed by atoms with Gasteiger partial charge in [0.15, 0.2) is 0 Å². The molecule has 1 aromatic carbocycles. The van der Waals surface area contributed by atoms with E-state index < -0.39 is 4.92 Å². The number of hydrogen-bond donors (Lipinski definition) is 2.